The quantitative estimate of drug-likeness (QED) is 0.131. The van der Waals surface area contributed by atoms with Crippen LogP contribution in [0.25, 0.3) is 5.76 Å². The van der Waals surface area contributed by atoms with Crippen LogP contribution in [0.2, 0.25) is 0 Å². The Morgan fingerprint density at radius 2 is 1.94 bits per heavy atom. The van der Waals surface area contributed by atoms with E-state index in [0.717, 1.165) is 0 Å². The lowest BCUT2D eigenvalue weighted by atomic mass is 9.95. The molecule has 1 aromatic heterocycles. The molecule has 9 nitrogen and oxygen atoms in total. The minimum absolute atomic E-state index is 0.0247. The molecule has 1 aliphatic rings. The van der Waals surface area contributed by atoms with Gasteiger partial charge in [-0.1, -0.05) is 30.9 Å². The molecule has 2 heterocycles. The second-order valence-electron chi connectivity index (χ2n) is 7.76. The Bertz CT molecular complexity index is 1320. The first kappa shape index (κ1) is 23.4. The molecule has 1 amide bonds. The van der Waals surface area contributed by atoms with Crippen molar-refractivity contribution in [2.75, 3.05) is 6.61 Å². The van der Waals surface area contributed by atoms with Gasteiger partial charge in [0.1, 0.15) is 18.1 Å². The van der Waals surface area contributed by atoms with E-state index in [1.54, 1.807) is 60.9 Å². The number of likely N-dealkylation sites (tertiary alicyclic amines) is 1. The van der Waals surface area contributed by atoms with Crippen molar-refractivity contribution in [1.29, 1.82) is 0 Å². The van der Waals surface area contributed by atoms with Gasteiger partial charge >= 0.3 is 0 Å². The van der Waals surface area contributed by atoms with Crippen LogP contribution in [0.5, 0.6) is 5.75 Å². The maximum atomic E-state index is 13.1. The number of ketones is 1. The number of hydrogen-bond donors (Lipinski definition) is 1. The zero-order chi connectivity index (χ0) is 24.9. The average molecular weight is 471 g/mol. The Morgan fingerprint density at radius 3 is 2.60 bits per heavy atom. The van der Waals surface area contributed by atoms with Crippen molar-refractivity contribution in [1.82, 2.24) is 9.88 Å². The summed E-state index contributed by atoms with van der Waals surface area (Å²) in [5.41, 5.74) is 0.936. The zero-order valence-electron chi connectivity index (χ0n) is 18.5. The van der Waals surface area contributed by atoms with E-state index in [1.807, 2.05) is 0 Å². The second-order valence-corrected chi connectivity index (χ2v) is 7.76. The summed E-state index contributed by atoms with van der Waals surface area (Å²) in [6.45, 7) is 3.92. The van der Waals surface area contributed by atoms with Crippen LogP contribution in [0.4, 0.5) is 5.69 Å². The average Bonchev–Trinajstić information content (AvgIpc) is 3.13. The number of Topliss-reactive ketones (excluding diaryl/α,β-unsaturated/α-hetero) is 1. The summed E-state index contributed by atoms with van der Waals surface area (Å²) in [4.78, 5) is 42.4. The van der Waals surface area contributed by atoms with Crippen LogP contribution in [-0.2, 0) is 16.1 Å². The van der Waals surface area contributed by atoms with Crippen LogP contribution in [0.15, 0.2) is 91.3 Å². The number of nitro benzene ring substituents is 1. The summed E-state index contributed by atoms with van der Waals surface area (Å²) in [5.74, 6) is -1.55. The van der Waals surface area contributed by atoms with Crippen molar-refractivity contribution in [3.63, 3.8) is 0 Å². The lowest BCUT2D eigenvalue weighted by Gasteiger charge is -2.25. The van der Waals surface area contributed by atoms with Crippen LogP contribution in [0, 0.1) is 10.1 Å². The molecule has 1 aliphatic heterocycles. The van der Waals surface area contributed by atoms with Gasteiger partial charge in [0, 0.05) is 36.6 Å². The van der Waals surface area contributed by atoms with Gasteiger partial charge < -0.3 is 14.7 Å². The van der Waals surface area contributed by atoms with E-state index in [9.17, 15) is 24.8 Å². The van der Waals surface area contributed by atoms with Crippen LogP contribution >= 0.6 is 0 Å². The number of carbonyl (C=O) groups is 2. The van der Waals surface area contributed by atoms with Gasteiger partial charge in [-0.25, -0.2) is 0 Å². The van der Waals surface area contributed by atoms with Gasteiger partial charge in [-0.2, -0.15) is 0 Å². The van der Waals surface area contributed by atoms with Gasteiger partial charge in [-0.05, 0) is 41.5 Å². The molecule has 1 atom stereocenters. The van der Waals surface area contributed by atoms with Gasteiger partial charge in [-0.3, -0.25) is 24.7 Å². The number of aliphatic hydroxyl groups excluding tert-OH is 1. The topological polar surface area (TPSA) is 123 Å². The SMILES string of the molecule is C=CCOc1ccc(C(O)=C2C(=O)C(=O)N(Cc3cccnc3)[C@H]2c2cccc([N+](=O)[O-])c2)cc1. The number of amides is 1. The first-order valence-corrected chi connectivity index (χ1v) is 10.7. The minimum atomic E-state index is -1.04. The molecular formula is C26H21N3O6. The molecular weight excluding hydrogens is 450 g/mol. The number of carbonyl (C=O) groups excluding carboxylic acids is 2. The third-order valence-corrected chi connectivity index (χ3v) is 5.51. The van der Waals surface area contributed by atoms with E-state index in [1.165, 1.54) is 23.1 Å². The molecule has 4 rings (SSSR count). The normalized spacial score (nSPS) is 16.8. The Hall–Kier alpha value is -4.79. The highest BCUT2D eigenvalue weighted by molar-refractivity contribution is 6.46. The van der Waals surface area contributed by atoms with Gasteiger partial charge in [0.05, 0.1) is 16.5 Å². The maximum Gasteiger partial charge on any atom is 0.295 e. The Balaban J connectivity index is 1.82. The fourth-order valence-corrected chi connectivity index (χ4v) is 3.91. The smallest absolute Gasteiger partial charge is 0.295 e. The van der Waals surface area contributed by atoms with Crippen molar-refractivity contribution >= 4 is 23.1 Å². The number of benzene rings is 2. The van der Waals surface area contributed by atoms with Crippen LogP contribution in [0.1, 0.15) is 22.7 Å². The molecule has 0 saturated carbocycles. The van der Waals surface area contributed by atoms with E-state index in [2.05, 4.69) is 11.6 Å². The predicted molar refractivity (Wildman–Crippen MR) is 127 cm³/mol. The molecule has 1 fully saturated rings. The zero-order valence-corrected chi connectivity index (χ0v) is 18.5. The van der Waals surface area contributed by atoms with Crippen molar-refractivity contribution in [2.45, 2.75) is 12.6 Å². The molecule has 1 saturated heterocycles. The highest BCUT2D eigenvalue weighted by Crippen LogP contribution is 2.41. The summed E-state index contributed by atoms with van der Waals surface area (Å²) in [6.07, 6.45) is 4.74. The molecule has 0 spiro atoms. The van der Waals surface area contributed by atoms with Crippen molar-refractivity contribution < 1.29 is 24.4 Å². The summed E-state index contributed by atoms with van der Waals surface area (Å²) in [7, 11) is 0. The van der Waals surface area contributed by atoms with Crippen molar-refractivity contribution in [2.24, 2.45) is 0 Å². The number of nitrogens with zero attached hydrogens (tertiary/aromatic N) is 3. The molecule has 1 N–H and O–H groups in total. The first-order chi connectivity index (χ1) is 16.9. The van der Waals surface area contributed by atoms with Crippen molar-refractivity contribution in [3.05, 3.63) is 118 Å². The Kier molecular flexibility index (Phi) is 6.68. The molecule has 2 aromatic carbocycles. The van der Waals surface area contributed by atoms with E-state index in [-0.39, 0.29) is 23.6 Å². The largest absolute Gasteiger partial charge is 0.507 e. The van der Waals surface area contributed by atoms with Crippen LogP contribution in [0.3, 0.4) is 0 Å². The number of pyridine rings is 1. The standard InChI is InChI=1S/C26H21N3O6/c1-2-13-35-21-10-8-18(9-11-21)24(30)22-23(19-6-3-7-20(14-19)29(33)34)28(26(32)25(22)31)16-17-5-4-12-27-15-17/h2-12,14-15,23,30H,1,13,16H2/t23-/m0/s1. The lowest BCUT2D eigenvalue weighted by molar-refractivity contribution is -0.384. The number of non-ortho nitro benzene ring substituents is 1. The summed E-state index contributed by atoms with van der Waals surface area (Å²) < 4.78 is 5.45. The molecule has 0 bridgehead atoms. The van der Waals surface area contributed by atoms with E-state index < -0.39 is 22.7 Å². The number of rotatable bonds is 8. The third-order valence-electron chi connectivity index (χ3n) is 5.51. The highest BCUT2D eigenvalue weighted by Gasteiger charge is 2.46. The number of hydrogen-bond acceptors (Lipinski definition) is 7. The van der Waals surface area contributed by atoms with Gasteiger partial charge in [0.25, 0.3) is 17.4 Å². The molecule has 0 radical (unpaired) electrons. The fourth-order valence-electron chi connectivity index (χ4n) is 3.91. The minimum Gasteiger partial charge on any atom is -0.507 e. The number of nitro groups is 1. The molecule has 3 aromatic rings. The highest BCUT2D eigenvalue weighted by atomic mass is 16.6. The Labute approximate surface area is 200 Å². The van der Waals surface area contributed by atoms with Gasteiger partial charge in [0.2, 0.25) is 0 Å². The summed E-state index contributed by atoms with van der Waals surface area (Å²) in [5, 5.41) is 22.5. The molecule has 9 heteroatoms. The fraction of sp³-hybridized carbons (Fsp3) is 0.115. The monoisotopic (exact) mass is 471 g/mol. The van der Waals surface area contributed by atoms with Gasteiger partial charge in [0.15, 0.2) is 0 Å². The van der Waals surface area contributed by atoms with Crippen LogP contribution < -0.4 is 4.74 Å². The van der Waals surface area contributed by atoms with Gasteiger partial charge in [-0.15, -0.1) is 0 Å². The molecule has 35 heavy (non-hydrogen) atoms. The van der Waals surface area contributed by atoms with E-state index >= 15 is 0 Å². The maximum absolute atomic E-state index is 13.1. The van der Waals surface area contributed by atoms with Crippen molar-refractivity contribution in [3.8, 4) is 5.75 Å². The lowest BCUT2D eigenvalue weighted by Crippen LogP contribution is -2.29. The Morgan fingerprint density at radius 1 is 1.17 bits per heavy atom. The molecule has 176 valence electrons. The second kappa shape index (κ2) is 10.0. The molecule has 0 unspecified atom stereocenters. The third kappa shape index (κ3) is 4.79. The van der Waals surface area contributed by atoms with Crippen LogP contribution in [-0.4, -0.2) is 38.2 Å². The van der Waals surface area contributed by atoms with E-state index in [4.69, 9.17) is 4.74 Å². The number of aliphatic hydroxyl groups is 1. The number of ether oxygens (including phenoxy) is 1. The van der Waals surface area contributed by atoms with E-state index in [0.29, 0.717) is 29.0 Å². The summed E-state index contributed by atoms with van der Waals surface area (Å²) >= 11 is 0. The predicted octanol–water partition coefficient (Wildman–Crippen LogP) is 4.18. The summed E-state index contributed by atoms with van der Waals surface area (Å²) in [6, 6.07) is 14.4. The molecule has 0 aliphatic carbocycles. The first-order valence-electron chi connectivity index (χ1n) is 10.7. The number of aromatic nitrogens is 1.